The van der Waals surface area contributed by atoms with Gasteiger partial charge in [-0.1, -0.05) is 19.1 Å². The van der Waals surface area contributed by atoms with Crippen molar-refractivity contribution in [1.29, 1.82) is 0 Å². The quantitative estimate of drug-likeness (QED) is 0.562. The number of hydrogen-bond donors (Lipinski definition) is 0. The number of benzene rings is 1. The Morgan fingerprint density at radius 1 is 1.11 bits per heavy atom. The molecule has 8 heteroatoms. The predicted octanol–water partition coefficient (Wildman–Crippen LogP) is 2.53. The lowest BCUT2D eigenvalue weighted by molar-refractivity contribution is 0.592. The third kappa shape index (κ3) is 5.72. The van der Waals surface area contributed by atoms with Crippen molar-refractivity contribution < 1.29 is 16.8 Å². The van der Waals surface area contributed by atoms with Gasteiger partial charge in [0.2, 0.25) is 9.05 Å². The molecule has 0 fully saturated rings. The highest BCUT2D eigenvalue weighted by molar-refractivity contribution is 8.14. The Kier molecular flexibility index (Phi) is 6.16. The molecule has 0 N–H and O–H groups in total. The maximum Gasteiger partial charge on any atom is 0.233 e. The van der Waals surface area contributed by atoms with E-state index in [0.717, 1.165) is 0 Å². The summed E-state index contributed by atoms with van der Waals surface area (Å²) >= 11 is 1.18. The van der Waals surface area contributed by atoms with Crippen molar-refractivity contribution in [3.8, 4) is 0 Å². The first-order chi connectivity index (χ1) is 8.76. The smallest absolute Gasteiger partial charge is 0.224 e. The molecule has 108 valence electrons. The zero-order chi connectivity index (χ0) is 14.5. The van der Waals surface area contributed by atoms with Crippen molar-refractivity contribution in [3.05, 3.63) is 24.3 Å². The number of halogens is 1. The van der Waals surface area contributed by atoms with E-state index in [9.17, 15) is 16.8 Å². The monoisotopic (exact) mass is 342 g/mol. The second-order valence-electron chi connectivity index (χ2n) is 3.86. The second kappa shape index (κ2) is 6.97. The van der Waals surface area contributed by atoms with E-state index >= 15 is 0 Å². The fourth-order valence-electron chi connectivity index (χ4n) is 1.46. The normalized spacial score (nSPS) is 12.5. The Morgan fingerprint density at radius 3 is 2.32 bits per heavy atom. The van der Waals surface area contributed by atoms with E-state index in [1.807, 2.05) is 0 Å². The van der Waals surface area contributed by atoms with Crippen LogP contribution in [0, 0.1) is 0 Å². The molecular formula is C11H15ClO4S3. The highest BCUT2D eigenvalue weighted by atomic mass is 35.7. The van der Waals surface area contributed by atoms with Crippen LogP contribution in [0.25, 0.3) is 0 Å². The molecule has 0 saturated carbocycles. The van der Waals surface area contributed by atoms with E-state index in [2.05, 4.69) is 0 Å². The van der Waals surface area contributed by atoms with Crippen LogP contribution in [0.4, 0.5) is 0 Å². The van der Waals surface area contributed by atoms with Crippen molar-refractivity contribution in [2.75, 3.05) is 17.3 Å². The van der Waals surface area contributed by atoms with Gasteiger partial charge in [-0.3, -0.25) is 0 Å². The summed E-state index contributed by atoms with van der Waals surface area (Å²) in [7, 11) is -1.74. The molecule has 0 amide bonds. The average Bonchev–Trinajstić information content (AvgIpc) is 2.27. The molecule has 0 heterocycles. The van der Waals surface area contributed by atoms with Gasteiger partial charge in [0.15, 0.2) is 9.84 Å². The topological polar surface area (TPSA) is 68.3 Å². The number of sulfone groups is 1. The molecule has 0 bridgehead atoms. The van der Waals surface area contributed by atoms with Gasteiger partial charge in [0.05, 0.1) is 16.4 Å². The summed E-state index contributed by atoms with van der Waals surface area (Å²) in [5.74, 6) is 0.115. The molecule has 0 unspecified atom stereocenters. The number of thioether (sulfide) groups is 1. The first-order valence-electron chi connectivity index (χ1n) is 5.63. The van der Waals surface area contributed by atoms with Crippen LogP contribution in [-0.4, -0.2) is 34.1 Å². The molecule has 1 rings (SSSR count). The molecule has 0 spiro atoms. The summed E-state index contributed by atoms with van der Waals surface area (Å²) in [5.41, 5.74) is 0. The lowest BCUT2D eigenvalue weighted by Gasteiger charge is -2.08. The van der Waals surface area contributed by atoms with Crippen LogP contribution < -0.4 is 0 Å². The van der Waals surface area contributed by atoms with E-state index < -0.39 is 18.9 Å². The largest absolute Gasteiger partial charge is 0.233 e. The number of hydrogen-bond acceptors (Lipinski definition) is 5. The lowest BCUT2D eigenvalue weighted by atomic mass is 10.4. The van der Waals surface area contributed by atoms with E-state index in [1.54, 1.807) is 31.2 Å². The third-order valence-electron chi connectivity index (χ3n) is 2.24. The van der Waals surface area contributed by atoms with Gasteiger partial charge in [0.25, 0.3) is 0 Å². The lowest BCUT2D eigenvalue weighted by Crippen LogP contribution is -2.08. The third-order valence-corrected chi connectivity index (χ3v) is 6.83. The maximum atomic E-state index is 12.1. The van der Waals surface area contributed by atoms with E-state index in [-0.39, 0.29) is 22.2 Å². The first kappa shape index (κ1) is 16.8. The molecule has 0 radical (unpaired) electrons. The number of rotatable bonds is 7. The van der Waals surface area contributed by atoms with Gasteiger partial charge in [-0.15, -0.1) is 11.8 Å². The van der Waals surface area contributed by atoms with Crippen LogP contribution in [0.15, 0.2) is 34.1 Å². The summed E-state index contributed by atoms with van der Waals surface area (Å²) < 4.78 is 45.8. The van der Waals surface area contributed by atoms with Gasteiger partial charge < -0.3 is 0 Å². The summed E-state index contributed by atoms with van der Waals surface area (Å²) in [6, 6.07) is 6.60. The van der Waals surface area contributed by atoms with Crippen LogP contribution >= 0.6 is 22.4 Å². The van der Waals surface area contributed by atoms with Crippen molar-refractivity contribution >= 4 is 41.3 Å². The molecular weight excluding hydrogens is 328 g/mol. The van der Waals surface area contributed by atoms with Gasteiger partial charge in [-0.05, 0) is 18.6 Å². The minimum absolute atomic E-state index is 0.0817. The van der Waals surface area contributed by atoms with Gasteiger partial charge in [-0.25, -0.2) is 16.8 Å². The molecule has 0 aliphatic rings. The highest BCUT2D eigenvalue weighted by Crippen LogP contribution is 2.27. The van der Waals surface area contributed by atoms with Crippen LogP contribution in [0.5, 0.6) is 0 Å². The van der Waals surface area contributed by atoms with E-state index in [1.165, 1.54) is 11.8 Å². The molecule has 0 saturated heterocycles. The van der Waals surface area contributed by atoms with Crippen LogP contribution in [-0.2, 0) is 18.9 Å². The molecule has 0 atom stereocenters. The fraction of sp³-hybridized carbons (Fsp3) is 0.455. The zero-order valence-electron chi connectivity index (χ0n) is 10.4. The molecule has 1 aromatic carbocycles. The summed E-state index contributed by atoms with van der Waals surface area (Å²) in [6.45, 7) is 1.80. The van der Waals surface area contributed by atoms with Crippen LogP contribution in [0.2, 0.25) is 0 Å². The Hall–Kier alpha value is -0.240. The minimum Gasteiger partial charge on any atom is -0.224 e. The molecule has 19 heavy (non-hydrogen) atoms. The standard InChI is InChI=1S/C11H15ClO4S3/c1-2-8-18(13,14)11-6-4-3-5-10(11)17-7-9-19(12,15)16/h3-6H,2,7-9H2,1H3. The van der Waals surface area contributed by atoms with Gasteiger partial charge in [-0.2, -0.15) is 0 Å². The predicted molar refractivity (Wildman–Crippen MR) is 79.1 cm³/mol. The van der Waals surface area contributed by atoms with E-state index in [0.29, 0.717) is 11.3 Å². The van der Waals surface area contributed by atoms with Crippen molar-refractivity contribution in [2.24, 2.45) is 0 Å². The van der Waals surface area contributed by atoms with Crippen LogP contribution in [0.3, 0.4) is 0 Å². The van der Waals surface area contributed by atoms with Gasteiger partial charge >= 0.3 is 0 Å². The molecule has 0 aromatic heterocycles. The summed E-state index contributed by atoms with van der Waals surface area (Å²) in [6.07, 6.45) is 0.539. The van der Waals surface area contributed by atoms with Crippen molar-refractivity contribution in [2.45, 2.75) is 23.1 Å². The Bertz CT molecular complexity index is 623. The Balaban J connectivity index is 2.91. The summed E-state index contributed by atoms with van der Waals surface area (Å²) in [5, 5.41) is 0. The average molecular weight is 343 g/mol. The Labute approximate surface area is 122 Å². The SMILES string of the molecule is CCCS(=O)(=O)c1ccccc1SCCS(=O)(=O)Cl. The fourth-order valence-corrected chi connectivity index (χ4v) is 5.73. The summed E-state index contributed by atoms with van der Waals surface area (Å²) in [4.78, 5) is 0.824. The van der Waals surface area contributed by atoms with Crippen LogP contribution in [0.1, 0.15) is 13.3 Å². The van der Waals surface area contributed by atoms with Gasteiger partial charge in [0, 0.05) is 21.3 Å². The second-order valence-corrected chi connectivity index (χ2v) is 9.97. The molecule has 0 aliphatic heterocycles. The maximum absolute atomic E-state index is 12.1. The molecule has 4 nitrogen and oxygen atoms in total. The Morgan fingerprint density at radius 2 is 1.74 bits per heavy atom. The highest BCUT2D eigenvalue weighted by Gasteiger charge is 2.17. The van der Waals surface area contributed by atoms with E-state index in [4.69, 9.17) is 10.7 Å². The molecule has 1 aromatic rings. The minimum atomic E-state index is -3.55. The van der Waals surface area contributed by atoms with Gasteiger partial charge in [0.1, 0.15) is 0 Å². The van der Waals surface area contributed by atoms with Crippen molar-refractivity contribution in [1.82, 2.24) is 0 Å². The molecule has 0 aliphatic carbocycles. The van der Waals surface area contributed by atoms with Crippen molar-refractivity contribution in [3.63, 3.8) is 0 Å². The zero-order valence-corrected chi connectivity index (χ0v) is 13.6. The first-order valence-corrected chi connectivity index (χ1v) is 10.7.